The van der Waals surface area contributed by atoms with Crippen molar-refractivity contribution in [1.29, 1.82) is 0 Å². The summed E-state index contributed by atoms with van der Waals surface area (Å²) in [5.74, 6) is -0.345. The summed E-state index contributed by atoms with van der Waals surface area (Å²) >= 11 is 5.89. The highest BCUT2D eigenvalue weighted by Crippen LogP contribution is 2.21. The Kier molecular flexibility index (Phi) is 6.63. The SMILES string of the molecule is CNC(=O)COC(=O)NCCc1ccc(-c2ccc(Cl)cc2)cc1. The molecule has 0 fully saturated rings. The van der Waals surface area contributed by atoms with E-state index in [4.69, 9.17) is 16.3 Å². The van der Waals surface area contributed by atoms with Crippen LogP contribution in [0, 0.1) is 0 Å². The zero-order valence-corrected chi connectivity index (χ0v) is 14.1. The van der Waals surface area contributed by atoms with Gasteiger partial charge in [0.05, 0.1) is 0 Å². The lowest BCUT2D eigenvalue weighted by atomic mass is 10.0. The fourth-order valence-corrected chi connectivity index (χ4v) is 2.20. The zero-order chi connectivity index (χ0) is 17.4. The first-order valence-electron chi connectivity index (χ1n) is 7.54. The molecule has 0 aliphatic carbocycles. The van der Waals surface area contributed by atoms with Crippen molar-refractivity contribution in [3.8, 4) is 11.1 Å². The first-order chi connectivity index (χ1) is 11.6. The second-order valence-corrected chi connectivity index (χ2v) is 5.57. The normalized spacial score (nSPS) is 10.1. The molecule has 0 aromatic heterocycles. The maximum atomic E-state index is 11.4. The van der Waals surface area contributed by atoms with Gasteiger partial charge in [0.15, 0.2) is 6.61 Å². The van der Waals surface area contributed by atoms with Crippen LogP contribution in [0.1, 0.15) is 5.56 Å². The van der Waals surface area contributed by atoms with Crippen molar-refractivity contribution in [2.24, 2.45) is 0 Å². The molecule has 2 amide bonds. The predicted octanol–water partition coefficient (Wildman–Crippen LogP) is 3.02. The second-order valence-electron chi connectivity index (χ2n) is 5.13. The number of likely N-dealkylation sites (N-methyl/N-ethyl adjacent to an activating group) is 1. The number of rotatable bonds is 6. The highest BCUT2D eigenvalue weighted by molar-refractivity contribution is 6.30. The fourth-order valence-electron chi connectivity index (χ4n) is 2.07. The first kappa shape index (κ1) is 17.8. The Labute approximate surface area is 146 Å². The Balaban J connectivity index is 1.79. The molecule has 0 spiro atoms. The first-order valence-corrected chi connectivity index (χ1v) is 7.92. The van der Waals surface area contributed by atoms with Gasteiger partial charge in [0.2, 0.25) is 0 Å². The minimum atomic E-state index is -0.601. The highest BCUT2D eigenvalue weighted by atomic mass is 35.5. The van der Waals surface area contributed by atoms with Gasteiger partial charge < -0.3 is 15.4 Å². The fraction of sp³-hybridized carbons (Fsp3) is 0.222. The van der Waals surface area contributed by atoms with Crippen molar-refractivity contribution >= 4 is 23.6 Å². The zero-order valence-electron chi connectivity index (χ0n) is 13.3. The van der Waals surface area contributed by atoms with Gasteiger partial charge in [-0.15, -0.1) is 0 Å². The van der Waals surface area contributed by atoms with E-state index in [1.165, 1.54) is 7.05 Å². The summed E-state index contributed by atoms with van der Waals surface area (Å²) in [4.78, 5) is 22.4. The van der Waals surface area contributed by atoms with E-state index < -0.39 is 6.09 Å². The molecule has 2 N–H and O–H groups in total. The molecule has 126 valence electrons. The summed E-state index contributed by atoms with van der Waals surface area (Å²) in [6.45, 7) is 0.158. The van der Waals surface area contributed by atoms with Gasteiger partial charge >= 0.3 is 6.09 Å². The lowest BCUT2D eigenvalue weighted by molar-refractivity contribution is -0.123. The third-order valence-electron chi connectivity index (χ3n) is 3.43. The topological polar surface area (TPSA) is 67.4 Å². The Morgan fingerprint density at radius 3 is 2.17 bits per heavy atom. The van der Waals surface area contributed by atoms with Crippen LogP contribution < -0.4 is 10.6 Å². The smallest absolute Gasteiger partial charge is 0.407 e. The van der Waals surface area contributed by atoms with Crippen LogP contribution in [0.5, 0.6) is 0 Å². The van der Waals surface area contributed by atoms with Crippen molar-refractivity contribution in [1.82, 2.24) is 10.6 Å². The van der Waals surface area contributed by atoms with E-state index >= 15 is 0 Å². The van der Waals surface area contributed by atoms with Crippen LogP contribution in [0.3, 0.4) is 0 Å². The number of benzene rings is 2. The number of halogens is 1. The van der Waals surface area contributed by atoms with E-state index in [0.717, 1.165) is 16.7 Å². The molecule has 0 saturated heterocycles. The lowest BCUT2D eigenvalue weighted by Gasteiger charge is -2.07. The predicted molar refractivity (Wildman–Crippen MR) is 94.0 cm³/mol. The van der Waals surface area contributed by atoms with Gasteiger partial charge in [-0.1, -0.05) is 48.0 Å². The van der Waals surface area contributed by atoms with Gasteiger partial charge in [-0.2, -0.15) is 0 Å². The number of hydrogen-bond acceptors (Lipinski definition) is 3. The van der Waals surface area contributed by atoms with Crippen LogP contribution in [0.15, 0.2) is 48.5 Å². The molecule has 5 nitrogen and oxygen atoms in total. The van der Waals surface area contributed by atoms with E-state index in [1.807, 2.05) is 48.5 Å². The average Bonchev–Trinajstić information content (AvgIpc) is 2.61. The van der Waals surface area contributed by atoms with E-state index in [2.05, 4.69) is 10.6 Å². The largest absolute Gasteiger partial charge is 0.439 e. The van der Waals surface area contributed by atoms with Crippen LogP contribution >= 0.6 is 11.6 Å². The van der Waals surface area contributed by atoms with Gasteiger partial charge in [-0.25, -0.2) is 4.79 Å². The molecule has 2 aromatic carbocycles. The van der Waals surface area contributed by atoms with Crippen molar-refractivity contribution in [2.45, 2.75) is 6.42 Å². The Bertz CT molecular complexity index is 684. The third kappa shape index (κ3) is 5.59. The molecule has 0 heterocycles. The van der Waals surface area contributed by atoms with Crippen molar-refractivity contribution in [3.05, 3.63) is 59.1 Å². The molecule has 0 atom stereocenters. The van der Waals surface area contributed by atoms with Crippen LogP contribution in [-0.2, 0) is 16.0 Å². The number of ether oxygens (including phenoxy) is 1. The summed E-state index contributed by atoms with van der Waals surface area (Å²) in [6.07, 6.45) is 0.0760. The molecule has 0 aliphatic heterocycles. The molecule has 0 unspecified atom stereocenters. The van der Waals surface area contributed by atoms with E-state index in [0.29, 0.717) is 18.0 Å². The van der Waals surface area contributed by atoms with Gasteiger partial charge in [0.1, 0.15) is 0 Å². The molecule has 0 bridgehead atoms. The number of nitrogens with one attached hydrogen (secondary N) is 2. The van der Waals surface area contributed by atoms with Crippen molar-refractivity contribution in [2.75, 3.05) is 20.2 Å². The van der Waals surface area contributed by atoms with Crippen LogP contribution in [0.2, 0.25) is 5.02 Å². The van der Waals surface area contributed by atoms with E-state index in [1.54, 1.807) is 0 Å². The van der Waals surface area contributed by atoms with E-state index in [-0.39, 0.29) is 12.5 Å². The molecule has 0 saturated carbocycles. The standard InChI is InChI=1S/C18H19ClN2O3/c1-20-17(22)12-24-18(23)21-11-10-13-2-4-14(5-3-13)15-6-8-16(19)9-7-15/h2-9H,10-12H2,1H3,(H,20,22)(H,21,23). The van der Waals surface area contributed by atoms with Gasteiger partial charge in [0, 0.05) is 18.6 Å². The number of alkyl carbamates (subject to hydrolysis) is 1. The van der Waals surface area contributed by atoms with Crippen LogP contribution in [0.25, 0.3) is 11.1 Å². The molecule has 0 aliphatic rings. The molecule has 6 heteroatoms. The minimum Gasteiger partial charge on any atom is -0.439 e. The molecule has 2 aromatic rings. The number of carbonyl (C=O) groups excluding carboxylic acids is 2. The van der Waals surface area contributed by atoms with E-state index in [9.17, 15) is 9.59 Å². The van der Waals surface area contributed by atoms with Crippen LogP contribution in [-0.4, -0.2) is 32.2 Å². The average molecular weight is 347 g/mol. The third-order valence-corrected chi connectivity index (χ3v) is 3.68. The van der Waals surface area contributed by atoms with Crippen molar-refractivity contribution in [3.63, 3.8) is 0 Å². The summed E-state index contributed by atoms with van der Waals surface area (Å²) in [6, 6.07) is 15.8. The second kappa shape index (κ2) is 8.93. The molecular weight excluding hydrogens is 328 g/mol. The monoisotopic (exact) mass is 346 g/mol. The summed E-state index contributed by atoms with van der Waals surface area (Å²) in [5, 5.41) is 5.69. The molecule has 0 radical (unpaired) electrons. The summed E-state index contributed by atoms with van der Waals surface area (Å²) < 4.78 is 4.75. The lowest BCUT2D eigenvalue weighted by Crippen LogP contribution is -2.31. The van der Waals surface area contributed by atoms with Crippen molar-refractivity contribution < 1.29 is 14.3 Å². The summed E-state index contributed by atoms with van der Waals surface area (Å²) in [5.41, 5.74) is 3.30. The number of amides is 2. The van der Waals surface area contributed by atoms with Crippen LogP contribution in [0.4, 0.5) is 4.79 Å². The van der Waals surface area contributed by atoms with Gasteiger partial charge in [-0.05, 0) is 35.2 Å². The maximum absolute atomic E-state index is 11.4. The Hall–Kier alpha value is -2.53. The highest BCUT2D eigenvalue weighted by Gasteiger charge is 2.05. The molecular formula is C18H19ClN2O3. The maximum Gasteiger partial charge on any atom is 0.407 e. The molecule has 2 rings (SSSR count). The number of carbonyl (C=O) groups is 2. The quantitative estimate of drug-likeness (QED) is 0.844. The Morgan fingerprint density at radius 1 is 1.00 bits per heavy atom. The van der Waals surface area contributed by atoms with Gasteiger partial charge in [-0.3, -0.25) is 4.79 Å². The minimum absolute atomic E-state index is 0.280. The Morgan fingerprint density at radius 2 is 1.58 bits per heavy atom. The van der Waals surface area contributed by atoms with Gasteiger partial charge in [0.25, 0.3) is 5.91 Å². The summed E-state index contributed by atoms with van der Waals surface area (Å²) in [7, 11) is 1.48. The number of hydrogen-bond donors (Lipinski definition) is 2. The molecule has 24 heavy (non-hydrogen) atoms.